The van der Waals surface area contributed by atoms with Gasteiger partial charge in [0.15, 0.2) is 6.10 Å². The van der Waals surface area contributed by atoms with E-state index in [2.05, 4.69) is 19.1 Å². The van der Waals surface area contributed by atoms with Gasteiger partial charge in [0.05, 0.1) is 18.3 Å². The highest BCUT2D eigenvalue weighted by atomic mass is 16.7. The number of hydrogen-bond donors (Lipinski definition) is 0. The van der Waals surface area contributed by atoms with Crippen molar-refractivity contribution in [1.82, 2.24) is 4.90 Å². The highest BCUT2D eigenvalue weighted by Crippen LogP contribution is 2.46. The van der Waals surface area contributed by atoms with Crippen LogP contribution in [0.5, 0.6) is 0 Å². The van der Waals surface area contributed by atoms with Gasteiger partial charge in [-0.05, 0) is 35.2 Å². The van der Waals surface area contributed by atoms with Gasteiger partial charge >= 0.3 is 0 Å². The van der Waals surface area contributed by atoms with Gasteiger partial charge in [-0.25, -0.2) is 5.06 Å². The van der Waals surface area contributed by atoms with Crippen LogP contribution in [-0.4, -0.2) is 22.8 Å². The van der Waals surface area contributed by atoms with Gasteiger partial charge in [-0.1, -0.05) is 79.7 Å². The Morgan fingerprint density at radius 3 is 2.06 bits per heavy atom. The minimum atomic E-state index is -0.813. The van der Waals surface area contributed by atoms with E-state index >= 15 is 0 Å². The maximum absolute atomic E-state index is 13.5. The Morgan fingerprint density at radius 1 is 0.774 bits per heavy atom. The monoisotopic (exact) mass is 412 g/mol. The second-order valence-corrected chi connectivity index (χ2v) is 8.00. The third-order valence-corrected chi connectivity index (χ3v) is 6.13. The summed E-state index contributed by atoms with van der Waals surface area (Å²) in [5.74, 6) is -1.03. The standard InChI is InChI=1S/C26H24N2O3/c1-2-18-13-15-20(16-14-18)23-22-24(31-28(23)21-11-7-4-8-12-21)26(30)27(25(22)29)17-19-9-5-3-6-10-19/h3-16,22-24H,2,17H2,1H3/t22-,23+,24+/m1/s1. The van der Waals surface area contributed by atoms with Crippen molar-refractivity contribution in [2.45, 2.75) is 32.0 Å². The zero-order valence-corrected chi connectivity index (χ0v) is 17.3. The lowest BCUT2D eigenvalue weighted by Crippen LogP contribution is -2.36. The van der Waals surface area contributed by atoms with E-state index in [1.165, 1.54) is 10.5 Å². The van der Waals surface area contributed by atoms with Gasteiger partial charge < -0.3 is 0 Å². The molecule has 5 nitrogen and oxygen atoms in total. The van der Waals surface area contributed by atoms with Crippen molar-refractivity contribution in [3.8, 4) is 0 Å². The molecule has 2 amide bonds. The summed E-state index contributed by atoms with van der Waals surface area (Å²) in [6, 6.07) is 27.1. The molecule has 3 aromatic carbocycles. The number of hydroxylamine groups is 1. The van der Waals surface area contributed by atoms with Crippen molar-refractivity contribution in [3.05, 3.63) is 102 Å². The summed E-state index contributed by atoms with van der Waals surface area (Å²) in [5.41, 5.74) is 3.95. The molecule has 0 bridgehead atoms. The van der Waals surface area contributed by atoms with E-state index in [1.807, 2.05) is 72.8 Å². The van der Waals surface area contributed by atoms with Crippen LogP contribution in [0.15, 0.2) is 84.9 Å². The van der Waals surface area contributed by atoms with Crippen molar-refractivity contribution in [2.75, 3.05) is 5.06 Å². The largest absolute Gasteiger partial charge is 0.275 e. The Morgan fingerprint density at radius 2 is 1.42 bits per heavy atom. The lowest BCUT2D eigenvalue weighted by molar-refractivity contribution is -0.143. The molecular formula is C26H24N2O3. The Kier molecular flexibility index (Phi) is 5.04. The van der Waals surface area contributed by atoms with Crippen LogP contribution in [0.4, 0.5) is 5.69 Å². The van der Waals surface area contributed by atoms with Crippen LogP contribution in [0.1, 0.15) is 29.7 Å². The van der Waals surface area contributed by atoms with Crippen molar-refractivity contribution in [3.63, 3.8) is 0 Å². The number of benzene rings is 3. The molecule has 0 N–H and O–H groups in total. The van der Waals surface area contributed by atoms with Crippen LogP contribution in [0.2, 0.25) is 0 Å². The fourth-order valence-corrected chi connectivity index (χ4v) is 4.48. The second-order valence-electron chi connectivity index (χ2n) is 8.00. The number of hydrogen-bond acceptors (Lipinski definition) is 4. The molecule has 2 aliphatic heterocycles. The molecule has 0 unspecified atom stereocenters. The van der Waals surface area contributed by atoms with Crippen LogP contribution in [0.3, 0.4) is 0 Å². The quantitative estimate of drug-likeness (QED) is 0.587. The second kappa shape index (κ2) is 8.00. The lowest BCUT2D eigenvalue weighted by atomic mass is 9.90. The summed E-state index contributed by atoms with van der Waals surface area (Å²) >= 11 is 0. The predicted molar refractivity (Wildman–Crippen MR) is 118 cm³/mol. The number of para-hydroxylation sites is 1. The zero-order chi connectivity index (χ0) is 21.4. The molecule has 31 heavy (non-hydrogen) atoms. The summed E-state index contributed by atoms with van der Waals surface area (Å²) in [7, 11) is 0. The average Bonchev–Trinajstić information content (AvgIpc) is 3.32. The van der Waals surface area contributed by atoms with Gasteiger partial charge in [0, 0.05) is 0 Å². The van der Waals surface area contributed by atoms with E-state index in [9.17, 15) is 9.59 Å². The maximum Gasteiger partial charge on any atom is 0.262 e. The molecule has 3 atom stereocenters. The number of aryl methyl sites for hydroxylation is 1. The highest BCUT2D eigenvalue weighted by Gasteiger charge is 2.59. The van der Waals surface area contributed by atoms with Gasteiger partial charge in [-0.15, -0.1) is 0 Å². The molecular weight excluding hydrogens is 388 g/mol. The zero-order valence-electron chi connectivity index (χ0n) is 17.3. The van der Waals surface area contributed by atoms with Gasteiger partial charge in [0.1, 0.15) is 5.92 Å². The van der Waals surface area contributed by atoms with Crippen LogP contribution < -0.4 is 5.06 Å². The smallest absolute Gasteiger partial charge is 0.262 e. The van der Waals surface area contributed by atoms with Gasteiger partial charge in [-0.2, -0.15) is 0 Å². The van der Waals surface area contributed by atoms with Crippen molar-refractivity contribution >= 4 is 17.5 Å². The van der Waals surface area contributed by atoms with E-state index < -0.39 is 12.0 Å². The van der Waals surface area contributed by atoms with Gasteiger partial charge in [-0.3, -0.25) is 19.3 Å². The molecule has 0 aliphatic carbocycles. The van der Waals surface area contributed by atoms with E-state index in [0.29, 0.717) is 0 Å². The van der Waals surface area contributed by atoms with E-state index in [-0.39, 0.29) is 24.4 Å². The van der Waals surface area contributed by atoms with E-state index in [4.69, 9.17) is 4.84 Å². The van der Waals surface area contributed by atoms with Crippen molar-refractivity contribution < 1.29 is 14.4 Å². The van der Waals surface area contributed by atoms with E-state index in [1.54, 1.807) is 5.06 Å². The van der Waals surface area contributed by atoms with Gasteiger partial charge in [0.25, 0.3) is 5.91 Å². The number of imide groups is 1. The number of likely N-dealkylation sites (tertiary alicyclic amines) is 1. The van der Waals surface area contributed by atoms with Crippen molar-refractivity contribution in [1.29, 1.82) is 0 Å². The third kappa shape index (κ3) is 3.41. The first-order valence-electron chi connectivity index (χ1n) is 10.7. The average molecular weight is 412 g/mol. The molecule has 0 spiro atoms. The minimum Gasteiger partial charge on any atom is -0.275 e. The SMILES string of the molecule is CCc1ccc([C@H]2[C@H]3C(=O)N(Cc4ccccc4)C(=O)[C@H]3ON2c2ccccc2)cc1. The number of anilines is 1. The number of rotatable bonds is 5. The maximum atomic E-state index is 13.5. The Balaban J connectivity index is 1.52. The summed E-state index contributed by atoms with van der Waals surface area (Å²) in [5, 5.41) is 1.74. The van der Waals surface area contributed by atoms with E-state index in [0.717, 1.165) is 23.2 Å². The molecule has 2 heterocycles. The number of carbonyl (C=O) groups is 2. The first-order chi connectivity index (χ1) is 15.2. The first-order valence-corrected chi connectivity index (χ1v) is 10.7. The molecule has 2 fully saturated rings. The molecule has 156 valence electrons. The molecule has 0 aromatic heterocycles. The summed E-state index contributed by atoms with van der Waals surface area (Å²) in [6.45, 7) is 2.38. The normalized spacial score (nSPS) is 22.8. The highest BCUT2D eigenvalue weighted by molar-refractivity contribution is 6.07. The Labute approximate surface area is 181 Å². The number of fused-ring (bicyclic) bond motifs is 1. The summed E-state index contributed by atoms with van der Waals surface area (Å²) in [4.78, 5) is 34.2. The van der Waals surface area contributed by atoms with Gasteiger partial charge in [0.2, 0.25) is 5.91 Å². The number of carbonyl (C=O) groups excluding carboxylic acids is 2. The Bertz CT molecular complexity index is 1080. The molecule has 0 saturated carbocycles. The topological polar surface area (TPSA) is 49.9 Å². The first kappa shape index (κ1) is 19.5. The fraction of sp³-hybridized carbons (Fsp3) is 0.231. The van der Waals surface area contributed by atoms with Crippen LogP contribution >= 0.6 is 0 Å². The molecule has 3 aromatic rings. The number of nitrogens with zero attached hydrogens (tertiary/aromatic N) is 2. The van der Waals surface area contributed by atoms with Crippen LogP contribution in [0, 0.1) is 5.92 Å². The molecule has 2 saturated heterocycles. The lowest BCUT2D eigenvalue weighted by Gasteiger charge is -2.29. The number of amides is 2. The van der Waals surface area contributed by atoms with Crippen LogP contribution in [-0.2, 0) is 27.4 Å². The Hall–Kier alpha value is -3.44. The fourth-order valence-electron chi connectivity index (χ4n) is 4.48. The predicted octanol–water partition coefficient (Wildman–Crippen LogP) is 4.30. The van der Waals surface area contributed by atoms with Crippen molar-refractivity contribution in [2.24, 2.45) is 5.92 Å². The molecule has 0 radical (unpaired) electrons. The van der Waals surface area contributed by atoms with Crippen LogP contribution in [0.25, 0.3) is 0 Å². The molecule has 2 aliphatic rings. The molecule has 5 rings (SSSR count). The summed E-state index contributed by atoms with van der Waals surface area (Å²) in [6.07, 6.45) is 0.130. The minimum absolute atomic E-state index is 0.179. The third-order valence-electron chi connectivity index (χ3n) is 6.13. The summed E-state index contributed by atoms with van der Waals surface area (Å²) < 4.78 is 0. The molecule has 5 heteroatoms.